The standard InChI is InChI=1S/C14H16N6O2S/c1-3-20-9(2)11(6-17-20)18-13(21)12-5-4-10(22-12)7-23-14-15-8-16-19-14/h4-6,8H,3,7H2,1-2H3,(H,18,21)(H,15,16,19). The van der Waals surface area contributed by atoms with E-state index in [9.17, 15) is 4.79 Å². The zero-order chi connectivity index (χ0) is 16.2. The molecule has 0 radical (unpaired) electrons. The number of rotatable bonds is 6. The predicted octanol–water partition coefficient (Wildman–Crippen LogP) is 2.47. The Morgan fingerprint density at radius 2 is 2.35 bits per heavy atom. The Morgan fingerprint density at radius 1 is 1.48 bits per heavy atom. The van der Waals surface area contributed by atoms with Crippen LogP contribution in [0.15, 0.2) is 34.2 Å². The number of thioether (sulfide) groups is 1. The van der Waals surface area contributed by atoms with Gasteiger partial charge in [-0.25, -0.2) is 4.98 Å². The number of anilines is 1. The SMILES string of the molecule is CCn1ncc(NC(=O)c2ccc(CSc3ncn[nH]3)o2)c1C. The molecule has 0 saturated heterocycles. The van der Waals surface area contributed by atoms with Crippen molar-refractivity contribution in [3.8, 4) is 0 Å². The third-order valence-electron chi connectivity index (χ3n) is 3.28. The van der Waals surface area contributed by atoms with Crippen LogP contribution in [0.1, 0.15) is 28.9 Å². The van der Waals surface area contributed by atoms with Gasteiger partial charge in [0.2, 0.25) is 0 Å². The van der Waals surface area contributed by atoms with Crippen molar-refractivity contribution in [1.82, 2.24) is 25.0 Å². The first kappa shape index (κ1) is 15.3. The van der Waals surface area contributed by atoms with Crippen molar-refractivity contribution in [2.24, 2.45) is 0 Å². The highest BCUT2D eigenvalue weighted by molar-refractivity contribution is 7.98. The third kappa shape index (κ3) is 3.45. The maximum atomic E-state index is 12.2. The third-order valence-corrected chi connectivity index (χ3v) is 4.18. The Morgan fingerprint density at radius 3 is 3.04 bits per heavy atom. The lowest BCUT2D eigenvalue weighted by molar-refractivity contribution is 0.0995. The molecule has 0 aliphatic rings. The molecule has 3 aromatic rings. The second-order valence-corrected chi connectivity index (χ2v) is 5.72. The Labute approximate surface area is 136 Å². The fraction of sp³-hybridized carbons (Fsp3) is 0.286. The van der Waals surface area contributed by atoms with E-state index in [1.807, 2.05) is 18.5 Å². The van der Waals surface area contributed by atoms with Crippen LogP contribution >= 0.6 is 11.8 Å². The first-order chi connectivity index (χ1) is 11.2. The molecule has 9 heteroatoms. The highest BCUT2D eigenvalue weighted by atomic mass is 32.2. The number of hydrogen-bond donors (Lipinski definition) is 2. The van der Waals surface area contributed by atoms with E-state index in [1.54, 1.807) is 18.3 Å². The van der Waals surface area contributed by atoms with E-state index in [4.69, 9.17) is 4.42 Å². The van der Waals surface area contributed by atoms with Gasteiger partial charge in [-0.1, -0.05) is 11.8 Å². The Balaban J connectivity index is 1.62. The monoisotopic (exact) mass is 332 g/mol. The van der Waals surface area contributed by atoms with E-state index in [0.29, 0.717) is 22.4 Å². The van der Waals surface area contributed by atoms with Gasteiger partial charge in [0.05, 0.1) is 23.3 Å². The fourth-order valence-electron chi connectivity index (χ4n) is 2.05. The van der Waals surface area contributed by atoms with Crippen LogP contribution in [0, 0.1) is 6.92 Å². The summed E-state index contributed by atoms with van der Waals surface area (Å²) in [4.78, 5) is 16.2. The molecule has 23 heavy (non-hydrogen) atoms. The molecule has 3 aromatic heterocycles. The molecule has 8 nitrogen and oxygen atoms in total. The van der Waals surface area contributed by atoms with E-state index in [0.717, 1.165) is 12.2 Å². The van der Waals surface area contributed by atoms with Crippen molar-refractivity contribution in [3.05, 3.63) is 41.9 Å². The average Bonchev–Trinajstić information content (AvgIpc) is 3.27. The van der Waals surface area contributed by atoms with Crippen LogP contribution in [0.5, 0.6) is 0 Å². The maximum absolute atomic E-state index is 12.2. The highest BCUT2D eigenvalue weighted by Gasteiger charge is 2.14. The molecule has 2 N–H and O–H groups in total. The minimum Gasteiger partial charge on any atom is -0.455 e. The predicted molar refractivity (Wildman–Crippen MR) is 85.2 cm³/mol. The first-order valence-electron chi connectivity index (χ1n) is 7.08. The van der Waals surface area contributed by atoms with Crippen LogP contribution < -0.4 is 5.32 Å². The molecule has 0 bridgehead atoms. The highest BCUT2D eigenvalue weighted by Crippen LogP contribution is 2.21. The van der Waals surface area contributed by atoms with Gasteiger partial charge in [0.25, 0.3) is 5.91 Å². The quantitative estimate of drug-likeness (QED) is 0.672. The van der Waals surface area contributed by atoms with Gasteiger partial charge in [-0.05, 0) is 26.0 Å². The summed E-state index contributed by atoms with van der Waals surface area (Å²) >= 11 is 1.45. The molecular formula is C14H16N6O2S. The van der Waals surface area contributed by atoms with Gasteiger partial charge in [0.15, 0.2) is 10.9 Å². The van der Waals surface area contributed by atoms with E-state index in [2.05, 4.69) is 25.6 Å². The van der Waals surface area contributed by atoms with Gasteiger partial charge in [0.1, 0.15) is 12.1 Å². The lowest BCUT2D eigenvalue weighted by atomic mass is 10.3. The van der Waals surface area contributed by atoms with Crippen LogP contribution in [0.25, 0.3) is 0 Å². The van der Waals surface area contributed by atoms with Gasteiger partial charge < -0.3 is 9.73 Å². The number of aromatic nitrogens is 5. The molecule has 0 saturated carbocycles. The van der Waals surface area contributed by atoms with Crippen molar-refractivity contribution < 1.29 is 9.21 Å². The fourth-order valence-corrected chi connectivity index (χ4v) is 2.73. The number of nitrogens with zero attached hydrogens (tertiary/aromatic N) is 4. The minimum atomic E-state index is -0.292. The number of aryl methyl sites for hydroxylation is 1. The molecule has 0 aliphatic carbocycles. The summed E-state index contributed by atoms with van der Waals surface area (Å²) < 4.78 is 7.38. The number of carbonyl (C=O) groups is 1. The molecule has 3 heterocycles. The Hall–Kier alpha value is -2.55. The van der Waals surface area contributed by atoms with Gasteiger partial charge in [-0.15, -0.1) is 0 Å². The summed E-state index contributed by atoms with van der Waals surface area (Å²) in [7, 11) is 0. The van der Waals surface area contributed by atoms with Crippen LogP contribution in [0.4, 0.5) is 5.69 Å². The summed E-state index contributed by atoms with van der Waals surface area (Å²) in [5, 5.41) is 14.2. The molecule has 0 aliphatic heterocycles. The normalized spacial score (nSPS) is 10.9. The van der Waals surface area contributed by atoms with Crippen LogP contribution in [0.2, 0.25) is 0 Å². The molecule has 0 atom stereocenters. The molecule has 1 amide bonds. The first-order valence-corrected chi connectivity index (χ1v) is 8.06. The van der Waals surface area contributed by atoms with Crippen molar-refractivity contribution in [3.63, 3.8) is 0 Å². The molecular weight excluding hydrogens is 316 g/mol. The van der Waals surface area contributed by atoms with Gasteiger partial charge in [0, 0.05) is 6.54 Å². The summed E-state index contributed by atoms with van der Waals surface area (Å²) in [6.07, 6.45) is 3.09. The van der Waals surface area contributed by atoms with Crippen molar-refractivity contribution in [1.29, 1.82) is 0 Å². The summed E-state index contributed by atoms with van der Waals surface area (Å²) in [6.45, 7) is 4.66. The lowest BCUT2D eigenvalue weighted by Crippen LogP contribution is -2.11. The van der Waals surface area contributed by atoms with E-state index in [-0.39, 0.29) is 11.7 Å². The smallest absolute Gasteiger partial charge is 0.291 e. The van der Waals surface area contributed by atoms with E-state index < -0.39 is 0 Å². The molecule has 0 fully saturated rings. The van der Waals surface area contributed by atoms with E-state index >= 15 is 0 Å². The molecule has 0 aromatic carbocycles. The largest absolute Gasteiger partial charge is 0.455 e. The zero-order valence-electron chi connectivity index (χ0n) is 12.7. The molecule has 0 spiro atoms. The minimum absolute atomic E-state index is 0.266. The summed E-state index contributed by atoms with van der Waals surface area (Å²) in [5.74, 6) is 1.23. The number of H-pyrrole nitrogens is 1. The molecule has 3 rings (SSSR count). The summed E-state index contributed by atoms with van der Waals surface area (Å²) in [5.41, 5.74) is 1.60. The second kappa shape index (κ2) is 6.69. The summed E-state index contributed by atoms with van der Waals surface area (Å²) in [6, 6.07) is 3.44. The zero-order valence-corrected chi connectivity index (χ0v) is 13.6. The van der Waals surface area contributed by atoms with Crippen molar-refractivity contribution >= 4 is 23.4 Å². The lowest BCUT2D eigenvalue weighted by Gasteiger charge is -2.03. The number of amides is 1. The number of aromatic amines is 1. The average molecular weight is 332 g/mol. The Kier molecular flexibility index (Phi) is 4.47. The van der Waals surface area contributed by atoms with Crippen LogP contribution in [0.3, 0.4) is 0 Å². The molecule has 0 unspecified atom stereocenters. The molecule has 120 valence electrons. The number of nitrogens with one attached hydrogen (secondary N) is 2. The second-order valence-electron chi connectivity index (χ2n) is 4.76. The maximum Gasteiger partial charge on any atom is 0.291 e. The van der Waals surface area contributed by atoms with Crippen molar-refractivity contribution in [2.45, 2.75) is 31.3 Å². The number of carbonyl (C=O) groups excluding carboxylic acids is 1. The topological polar surface area (TPSA) is 102 Å². The number of hydrogen-bond acceptors (Lipinski definition) is 6. The number of furan rings is 1. The van der Waals surface area contributed by atoms with Gasteiger partial charge in [-0.3, -0.25) is 14.6 Å². The van der Waals surface area contributed by atoms with Crippen LogP contribution in [-0.2, 0) is 12.3 Å². The van der Waals surface area contributed by atoms with Crippen LogP contribution in [-0.4, -0.2) is 30.9 Å². The van der Waals surface area contributed by atoms with E-state index in [1.165, 1.54) is 18.1 Å². The van der Waals surface area contributed by atoms with Gasteiger partial charge in [-0.2, -0.15) is 10.2 Å². The van der Waals surface area contributed by atoms with Gasteiger partial charge >= 0.3 is 0 Å². The van der Waals surface area contributed by atoms with Crippen molar-refractivity contribution in [2.75, 3.05) is 5.32 Å². The Bertz CT molecular complexity index is 792.